The Morgan fingerprint density at radius 1 is 0.952 bits per heavy atom. The number of nitrogens with zero attached hydrogens (tertiary/aromatic N) is 1. The molecular weight excluding hydrogens is 270 g/mol. The first-order chi connectivity index (χ1) is 10.2. The van der Waals surface area contributed by atoms with E-state index in [1.807, 2.05) is 24.3 Å². The van der Waals surface area contributed by atoms with E-state index in [1.165, 1.54) is 18.2 Å². The second-order valence-corrected chi connectivity index (χ2v) is 4.65. The molecule has 4 aromatic rings. The third-order valence-corrected chi connectivity index (χ3v) is 3.25. The monoisotopic (exact) mass is 279 g/mol. The molecule has 0 radical (unpaired) electrons. The number of benzene rings is 2. The van der Waals surface area contributed by atoms with Crippen LogP contribution in [0.1, 0.15) is 0 Å². The Labute approximate surface area is 118 Å². The third kappa shape index (κ3) is 1.87. The number of oxazole rings is 1. The van der Waals surface area contributed by atoms with E-state index in [9.17, 15) is 9.90 Å². The molecule has 0 aliphatic carbocycles. The fourth-order valence-corrected chi connectivity index (χ4v) is 2.33. The molecule has 0 amide bonds. The quantitative estimate of drug-likeness (QED) is 0.541. The fourth-order valence-electron chi connectivity index (χ4n) is 2.33. The molecule has 2 aromatic heterocycles. The number of phenolic OH excluding ortho intramolecular Hbond substituents is 1. The van der Waals surface area contributed by atoms with Crippen LogP contribution in [0.4, 0.5) is 0 Å². The van der Waals surface area contributed by atoms with Gasteiger partial charge in [0.2, 0.25) is 5.89 Å². The molecule has 0 fully saturated rings. The Morgan fingerprint density at radius 2 is 1.81 bits per heavy atom. The summed E-state index contributed by atoms with van der Waals surface area (Å²) >= 11 is 0. The fraction of sp³-hybridized carbons (Fsp3) is 0. The second kappa shape index (κ2) is 4.21. The maximum Gasteiger partial charge on any atom is 0.336 e. The van der Waals surface area contributed by atoms with Gasteiger partial charge in [-0.15, -0.1) is 0 Å². The lowest BCUT2D eigenvalue weighted by atomic mass is 10.1. The predicted octanol–water partition coefficient (Wildman–Crippen LogP) is 3.31. The molecule has 0 unspecified atom stereocenters. The van der Waals surface area contributed by atoms with E-state index >= 15 is 0 Å². The number of rotatable bonds is 1. The summed E-state index contributed by atoms with van der Waals surface area (Å²) in [4.78, 5) is 15.7. The standard InChI is InChI=1S/C16H9NO4/c18-9-7-11(10-5-6-15(19)20-14(10)8-9)16-17-12-3-1-2-4-13(12)21-16/h1-8,18H. The van der Waals surface area contributed by atoms with Gasteiger partial charge in [0, 0.05) is 17.5 Å². The van der Waals surface area contributed by atoms with Crippen LogP contribution in [-0.4, -0.2) is 10.1 Å². The summed E-state index contributed by atoms with van der Waals surface area (Å²) in [6, 6.07) is 13.3. The van der Waals surface area contributed by atoms with Crippen LogP contribution in [0.25, 0.3) is 33.5 Å². The van der Waals surface area contributed by atoms with Gasteiger partial charge in [0.15, 0.2) is 5.58 Å². The molecule has 2 aromatic carbocycles. The lowest BCUT2D eigenvalue weighted by molar-refractivity contribution is 0.473. The van der Waals surface area contributed by atoms with Crippen molar-refractivity contribution in [3.63, 3.8) is 0 Å². The first-order valence-electron chi connectivity index (χ1n) is 6.33. The van der Waals surface area contributed by atoms with Crippen LogP contribution in [0.15, 0.2) is 62.2 Å². The van der Waals surface area contributed by atoms with Crippen molar-refractivity contribution < 1.29 is 13.9 Å². The van der Waals surface area contributed by atoms with Gasteiger partial charge in [0.25, 0.3) is 0 Å². The Bertz CT molecular complexity index is 996. The molecule has 5 heteroatoms. The topological polar surface area (TPSA) is 76.5 Å². The van der Waals surface area contributed by atoms with Crippen molar-refractivity contribution in [2.75, 3.05) is 0 Å². The maximum atomic E-state index is 11.3. The zero-order valence-corrected chi connectivity index (χ0v) is 10.7. The van der Waals surface area contributed by atoms with E-state index in [0.29, 0.717) is 28.0 Å². The van der Waals surface area contributed by atoms with E-state index in [0.717, 1.165) is 5.52 Å². The summed E-state index contributed by atoms with van der Waals surface area (Å²) in [5, 5.41) is 10.5. The highest BCUT2D eigenvalue weighted by atomic mass is 16.4. The zero-order valence-electron chi connectivity index (χ0n) is 10.7. The largest absolute Gasteiger partial charge is 0.508 e. The summed E-state index contributed by atoms with van der Waals surface area (Å²) < 4.78 is 10.8. The van der Waals surface area contributed by atoms with Gasteiger partial charge >= 0.3 is 5.63 Å². The van der Waals surface area contributed by atoms with Crippen molar-refractivity contribution in [2.45, 2.75) is 0 Å². The summed E-state index contributed by atoms with van der Waals surface area (Å²) in [7, 11) is 0. The van der Waals surface area contributed by atoms with E-state index < -0.39 is 5.63 Å². The molecule has 1 N–H and O–H groups in total. The minimum atomic E-state index is -0.475. The van der Waals surface area contributed by atoms with Crippen LogP contribution in [0.2, 0.25) is 0 Å². The van der Waals surface area contributed by atoms with Crippen molar-refractivity contribution in [1.82, 2.24) is 4.98 Å². The average molecular weight is 279 g/mol. The molecule has 5 nitrogen and oxygen atoms in total. The van der Waals surface area contributed by atoms with Gasteiger partial charge in [-0.05, 0) is 24.3 Å². The highest BCUT2D eigenvalue weighted by molar-refractivity contribution is 5.93. The van der Waals surface area contributed by atoms with Crippen molar-refractivity contribution in [3.05, 3.63) is 59.0 Å². The molecule has 0 bridgehead atoms. The number of hydrogen-bond donors (Lipinski definition) is 1. The van der Waals surface area contributed by atoms with E-state index in [2.05, 4.69) is 4.98 Å². The van der Waals surface area contributed by atoms with Gasteiger partial charge in [0.05, 0.1) is 5.56 Å². The van der Waals surface area contributed by atoms with Crippen molar-refractivity contribution in [2.24, 2.45) is 0 Å². The summed E-state index contributed by atoms with van der Waals surface area (Å²) in [6.45, 7) is 0. The lowest BCUT2D eigenvalue weighted by Gasteiger charge is -2.02. The number of phenols is 1. The summed E-state index contributed by atoms with van der Waals surface area (Å²) in [5.41, 5.74) is 1.77. The summed E-state index contributed by atoms with van der Waals surface area (Å²) in [5.74, 6) is 0.347. The van der Waals surface area contributed by atoms with Crippen LogP contribution >= 0.6 is 0 Å². The zero-order chi connectivity index (χ0) is 14.4. The molecule has 0 spiro atoms. The Morgan fingerprint density at radius 3 is 2.67 bits per heavy atom. The molecule has 21 heavy (non-hydrogen) atoms. The molecular formula is C16H9NO4. The highest BCUT2D eigenvalue weighted by Gasteiger charge is 2.14. The third-order valence-electron chi connectivity index (χ3n) is 3.25. The van der Waals surface area contributed by atoms with Crippen molar-refractivity contribution in [3.8, 4) is 17.2 Å². The van der Waals surface area contributed by atoms with Gasteiger partial charge in [0.1, 0.15) is 16.8 Å². The molecule has 0 saturated heterocycles. The van der Waals surface area contributed by atoms with Crippen LogP contribution in [0.3, 0.4) is 0 Å². The van der Waals surface area contributed by atoms with Crippen molar-refractivity contribution >= 4 is 22.1 Å². The number of aromatic hydroxyl groups is 1. The SMILES string of the molecule is O=c1ccc2c(-c3nc4ccccc4o3)cc(O)cc2o1. The molecule has 4 rings (SSSR count). The maximum absolute atomic E-state index is 11.3. The van der Waals surface area contributed by atoms with Crippen LogP contribution < -0.4 is 5.63 Å². The molecule has 0 atom stereocenters. The van der Waals surface area contributed by atoms with Gasteiger partial charge in [-0.1, -0.05) is 12.1 Å². The number of fused-ring (bicyclic) bond motifs is 2. The normalized spacial score (nSPS) is 11.2. The predicted molar refractivity (Wildman–Crippen MR) is 77.2 cm³/mol. The molecule has 2 heterocycles. The van der Waals surface area contributed by atoms with Gasteiger partial charge in [-0.3, -0.25) is 0 Å². The average Bonchev–Trinajstić information content (AvgIpc) is 2.89. The first kappa shape index (κ1) is 11.7. The minimum Gasteiger partial charge on any atom is -0.508 e. The second-order valence-electron chi connectivity index (χ2n) is 4.65. The van der Waals surface area contributed by atoms with E-state index in [-0.39, 0.29) is 5.75 Å². The van der Waals surface area contributed by atoms with E-state index in [4.69, 9.17) is 8.83 Å². The van der Waals surface area contributed by atoms with Gasteiger partial charge < -0.3 is 13.9 Å². The van der Waals surface area contributed by atoms with Crippen LogP contribution in [0.5, 0.6) is 5.75 Å². The Balaban J connectivity index is 2.07. The minimum absolute atomic E-state index is 0.0193. The number of hydrogen-bond acceptors (Lipinski definition) is 5. The number of aromatic nitrogens is 1. The Kier molecular flexibility index (Phi) is 2.35. The molecule has 0 saturated carbocycles. The summed E-state index contributed by atoms with van der Waals surface area (Å²) in [6.07, 6.45) is 0. The van der Waals surface area contributed by atoms with Crippen LogP contribution in [-0.2, 0) is 0 Å². The van der Waals surface area contributed by atoms with Crippen molar-refractivity contribution in [1.29, 1.82) is 0 Å². The smallest absolute Gasteiger partial charge is 0.336 e. The van der Waals surface area contributed by atoms with Crippen LogP contribution in [0, 0.1) is 0 Å². The Hall–Kier alpha value is -3.08. The molecule has 0 aliphatic rings. The van der Waals surface area contributed by atoms with E-state index in [1.54, 1.807) is 6.07 Å². The van der Waals surface area contributed by atoms with Gasteiger partial charge in [-0.2, -0.15) is 0 Å². The number of para-hydroxylation sites is 2. The lowest BCUT2D eigenvalue weighted by Crippen LogP contribution is -1.95. The molecule has 0 aliphatic heterocycles. The first-order valence-corrected chi connectivity index (χ1v) is 6.33. The highest BCUT2D eigenvalue weighted by Crippen LogP contribution is 2.33. The molecule has 102 valence electrons. The van der Waals surface area contributed by atoms with Gasteiger partial charge in [-0.25, -0.2) is 9.78 Å².